The monoisotopic (exact) mass is 387 g/mol. The van der Waals surface area contributed by atoms with Crippen LogP contribution in [0.3, 0.4) is 0 Å². The van der Waals surface area contributed by atoms with Crippen LogP contribution < -0.4 is 5.32 Å². The summed E-state index contributed by atoms with van der Waals surface area (Å²) >= 11 is 1.49. The van der Waals surface area contributed by atoms with E-state index in [1.165, 1.54) is 44.2 Å². The van der Waals surface area contributed by atoms with Gasteiger partial charge in [-0.1, -0.05) is 30.3 Å². The first-order valence-electron chi connectivity index (χ1n) is 8.22. The predicted octanol–water partition coefficient (Wildman–Crippen LogP) is 3.52. The lowest BCUT2D eigenvalue weighted by Gasteiger charge is -2.13. The first-order valence-corrected chi connectivity index (χ1v) is 9.27. The van der Waals surface area contributed by atoms with Gasteiger partial charge in [-0.15, -0.1) is 11.8 Å². The van der Waals surface area contributed by atoms with Crippen LogP contribution in [0.5, 0.6) is 0 Å². The molecule has 1 N–H and O–H groups in total. The molecule has 0 spiro atoms. The highest BCUT2D eigenvalue weighted by Crippen LogP contribution is 2.21. The average Bonchev–Trinajstić information content (AvgIpc) is 2.71. The average molecular weight is 387 g/mol. The van der Waals surface area contributed by atoms with Gasteiger partial charge in [0.25, 0.3) is 0 Å². The van der Waals surface area contributed by atoms with Gasteiger partial charge in [0, 0.05) is 11.4 Å². The number of esters is 2. The third-order valence-electron chi connectivity index (χ3n) is 3.75. The Morgan fingerprint density at radius 2 is 1.52 bits per heavy atom. The Labute approximate surface area is 162 Å². The van der Waals surface area contributed by atoms with E-state index in [2.05, 4.69) is 5.32 Å². The highest BCUT2D eigenvalue weighted by molar-refractivity contribution is 7.99. The summed E-state index contributed by atoms with van der Waals surface area (Å²) < 4.78 is 9.38. The lowest BCUT2D eigenvalue weighted by atomic mass is 10.1. The van der Waals surface area contributed by atoms with Crippen LogP contribution in [-0.4, -0.2) is 37.3 Å². The number of anilines is 1. The molecule has 0 heterocycles. The summed E-state index contributed by atoms with van der Waals surface area (Å²) in [5, 5.41) is 2.42. The molecule has 0 saturated carbocycles. The molecule has 0 fully saturated rings. The molecule has 0 aromatic heterocycles. The molecule has 0 bridgehead atoms. The molecule has 2 aromatic carbocycles. The van der Waals surface area contributed by atoms with Crippen molar-refractivity contribution in [3.8, 4) is 0 Å². The summed E-state index contributed by atoms with van der Waals surface area (Å²) in [6.45, 7) is 1.80. The smallest absolute Gasteiger partial charge is 0.337 e. The fraction of sp³-hybridized carbons (Fsp3) is 0.250. The highest BCUT2D eigenvalue weighted by Gasteiger charge is 2.18. The number of hydrogen-bond acceptors (Lipinski definition) is 6. The number of thioether (sulfide) groups is 1. The highest BCUT2D eigenvalue weighted by atomic mass is 32.2. The molecule has 6 nitrogen and oxygen atoms in total. The summed E-state index contributed by atoms with van der Waals surface area (Å²) in [6.07, 6.45) is 0. The number of methoxy groups -OCH3 is 2. The van der Waals surface area contributed by atoms with Gasteiger partial charge >= 0.3 is 11.9 Å². The molecule has 0 saturated heterocycles. The number of carbonyl (C=O) groups excluding carboxylic acids is 3. The second-order valence-corrected chi connectivity index (χ2v) is 7.04. The quantitative estimate of drug-likeness (QED) is 0.732. The SMILES string of the molecule is COC(=O)c1cc(NC(=O)[C@H](C)SCc2ccccc2)cc(C(=O)OC)c1. The number of ether oxygens (including phenoxy) is 2. The fourth-order valence-corrected chi connectivity index (χ4v) is 3.13. The van der Waals surface area contributed by atoms with Crippen LogP contribution in [0.15, 0.2) is 48.5 Å². The second kappa shape index (κ2) is 9.78. The number of nitrogens with one attached hydrogen (secondary N) is 1. The van der Waals surface area contributed by atoms with Gasteiger partial charge in [0.05, 0.1) is 30.6 Å². The molecule has 0 aliphatic heterocycles. The fourth-order valence-electron chi connectivity index (χ4n) is 2.29. The van der Waals surface area contributed by atoms with Crippen molar-refractivity contribution in [2.45, 2.75) is 17.9 Å². The van der Waals surface area contributed by atoms with E-state index in [1.54, 1.807) is 6.92 Å². The molecule has 142 valence electrons. The van der Waals surface area contributed by atoms with Crippen molar-refractivity contribution < 1.29 is 23.9 Å². The maximum absolute atomic E-state index is 12.5. The minimum atomic E-state index is -0.609. The molecule has 2 rings (SSSR count). The lowest BCUT2D eigenvalue weighted by Crippen LogP contribution is -2.23. The molecule has 0 aliphatic carbocycles. The Morgan fingerprint density at radius 3 is 2.04 bits per heavy atom. The number of carbonyl (C=O) groups is 3. The molecule has 7 heteroatoms. The standard InChI is InChI=1S/C20H21NO5S/c1-13(27-12-14-7-5-4-6-8-14)18(22)21-17-10-15(19(23)25-2)9-16(11-17)20(24)26-3/h4-11,13H,12H2,1-3H3,(H,21,22)/t13-/m0/s1. The van der Waals surface area contributed by atoms with Crippen molar-refractivity contribution in [1.82, 2.24) is 0 Å². The van der Waals surface area contributed by atoms with Gasteiger partial charge in [-0.2, -0.15) is 0 Å². The van der Waals surface area contributed by atoms with E-state index < -0.39 is 11.9 Å². The molecule has 0 radical (unpaired) electrons. The molecular weight excluding hydrogens is 366 g/mol. The molecule has 1 atom stereocenters. The van der Waals surface area contributed by atoms with Crippen LogP contribution in [-0.2, 0) is 20.0 Å². The van der Waals surface area contributed by atoms with Gasteiger partial charge < -0.3 is 14.8 Å². The zero-order valence-corrected chi connectivity index (χ0v) is 16.2. The Kier molecular flexibility index (Phi) is 7.43. The largest absolute Gasteiger partial charge is 0.465 e. The minimum absolute atomic E-state index is 0.153. The Balaban J connectivity index is 2.10. The summed E-state index contributed by atoms with van der Waals surface area (Å²) in [5.41, 5.74) is 1.76. The third kappa shape index (κ3) is 5.86. The molecule has 1 amide bonds. The summed E-state index contributed by atoms with van der Waals surface area (Å²) in [4.78, 5) is 36.1. The van der Waals surface area contributed by atoms with Crippen molar-refractivity contribution in [3.63, 3.8) is 0 Å². The molecule has 2 aromatic rings. The van der Waals surface area contributed by atoms with Crippen LogP contribution in [0, 0.1) is 0 Å². The summed E-state index contributed by atoms with van der Waals surface area (Å²) in [7, 11) is 2.49. The van der Waals surface area contributed by atoms with E-state index in [0.29, 0.717) is 11.4 Å². The number of hydrogen-bond donors (Lipinski definition) is 1. The Morgan fingerprint density at radius 1 is 0.963 bits per heavy atom. The van der Waals surface area contributed by atoms with Crippen LogP contribution >= 0.6 is 11.8 Å². The van der Waals surface area contributed by atoms with Crippen LogP contribution in [0.4, 0.5) is 5.69 Å². The lowest BCUT2D eigenvalue weighted by molar-refractivity contribution is -0.115. The second-order valence-electron chi connectivity index (χ2n) is 5.71. The first kappa shape index (κ1) is 20.5. The van der Waals surface area contributed by atoms with Gasteiger partial charge in [-0.25, -0.2) is 9.59 Å². The molecule has 27 heavy (non-hydrogen) atoms. The van der Waals surface area contributed by atoms with Crippen molar-refractivity contribution in [2.75, 3.05) is 19.5 Å². The van der Waals surface area contributed by atoms with Crippen molar-refractivity contribution in [1.29, 1.82) is 0 Å². The van der Waals surface area contributed by atoms with E-state index in [9.17, 15) is 14.4 Å². The molecule has 0 aliphatic rings. The summed E-state index contributed by atoms with van der Waals surface area (Å²) in [5.74, 6) is -0.746. The van der Waals surface area contributed by atoms with E-state index in [0.717, 1.165) is 5.56 Å². The van der Waals surface area contributed by atoms with Gasteiger partial charge in [0.2, 0.25) is 5.91 Å². The molecule has 0 unspecified atom stereocenters. The van der Waals surface area contributed by atoms with E-state index in [4.69, 9.17) is 9.47 Å². The van der Waals surface area contributed by atoms with Gasteiger partial charge in [0.15, 0.2) is 0 Å². The number of rotatable bonds is 7. The third-order valence-corrected chi connectivity index (χ3v) is 4.97. The summed E-state index contributed by atoms with van der Waals surface area (Å²) in [6, 6.07) is 14.1. The zero-order valence-electron chi connectivity index (χ0n) is 15.4. The molecular formula is C20H21NO5S. The van der Waals surface area contributed by atoms with E-state index in [-0.39, 0.29) is 22.3 Å². The van der Waals surface area contributed by atoms with Crippen LogP contribution in [0.1, 0.15) is 33.2 Å². The zero-order chi connectivity index (χ0) is 19.8. The van der Waals surface area contributed by atoms with E-state index >= 15 is 0 Å². The normalized spacial score (nSPS) is 11.4. The maximum Gasteiger partial charge on any atom is 0.337 e. The van der Waals surface area contributed by atoms with Crippen LogP contribution in [0.25, 0.3) is 0 Å². The Bertz CT molecular complexity index is 788. The van der Waals surface area contributed by atoms with Crippen molar-refractivity contribution in [2.24, 2.45) is 0 Å². The minimum Gasteiger partial charge on any atom is -0.465 e. The Hall–Kier alpha value is -2.80. The number of amides is 1. The predicted molar refractivity (Wildman–Crippen MR) is 105 cm³/mol. The van der Waals surface area contributed by atoms with Gasteiger partial charge in [-0.05, 0) is 30.7 Å². The van der Waals surface area contributed by atoms with Gasteiger partial charge in [-0.3, -0.25) is 4.79 Å². The van der Waals surface area contributed by atoms with Crippen LogP contribution in [0.2, 0.25) is 0 Å². The van der Waals surface area contributed by atoms with Gasteiger partial charge in [0.1, 0.15) is 0 Å². The number of benzene rings is 2. The first-order chi connectivity index (χ1) is 12.9. The van der Waals surface area contributed by atoms with Crippen molar-refractivity contribution >= 4 is 35.3 Å². The topological polar surface area (TPSA) is 81.7 Å². The van der Waals surface area contributed by atoms with Crippen molar-refractivity contribution in [3.05, 3.63) is 65.2 Å². The van der Waals surface area contributed by atoms with E-state index in [1.807, 2.05) is 30.3 Å². The maximum atomic E-state index is 12.5.